The lowest BCUT2D eigenvalue weighted by molar-refractivity contribution is -0.132. The van der Waals surface area contributed by atoms with Crippen molar-refractivity contribution >= 4 is 27.0 Å². The Hall–Kier alpha value is -2.66. The van der Waals surface area contributed by atoms with Gasteiger partial charge in [0.25, 0.3) is 0 Å². The quantitative estimate of drug-likeness (QED) is 0.848. The third-order valence-corrected chi connectivity index (χ3v) is 5.55. The van der Waals surface area contributed by atoms with Crippen LogP contribution in [0.5, 0.6) is 0 Å². The lowest BCUT2D eigenvalue weighted by atomic mass is 9.74. The van der Waals surface area contributed by atoms with E-state index in [0.29, 0.717) is 12.0 Å². The van der Waals surface area contributed by atoms with Crippen LogP contribution in [0.25, 0.3) is 11.1 Å². The molecule has 0 unspecified atom stereocenters. The van der Waals surface area contributed by atoms with E-state index in [2.05, 4.69) is 0 Å². The highest BCUT2D eigenvalue weighted by molar-refractivity contribution is 7.90. The number of carboxylic acids is 1. The van der Waals surface area contributed by atoms with Gasteiger partial charge in [-0.25, -0.2) is 13.2 Å². The first-order chi connectivity index (χ1) is 11.8. The molecule has 0 spiro atoms. The maximum absolute atomic E-state index is 11.6. The molecule has 1 N–H and O–H groups in total. The number of carboxylic acid groups (broad SMARTS) is 1. The van der Waals surface area contributed by atoms with Crippen molar-refractivity contribution in [3.05, 3.63) is 76.9 Å². The van der Waals surface area contributed by atoms with E-state index in [9.17, 15) is 18.3 Å². The second-order valence-corrected chi connectivity index (χ2v) is 8.12. The monoisotopic (exact) mass is 354 g/mol. The van der Waals surface area contributed by atoms with Crippen molar-refractivity contribution < 1.29 is 18.3 Å². The molecule has 1 aliphatic rings. The Morgan fingerprint density at radius 2 is 1.56 bits per heavy atom. The molecule has 0 bridgehead atoms. The van der Waals surface area contributed by atoms with E-state index in [1.807, 2.05) is 30.3 Å². The van der Waals surface area contributed by atoms with E-state index >= 15 is 0 Å². The Morgan fingerprint density at radius 1 is 0.960 bits per heavy atom. The first-order valence-electron chi connectivity index (χ1n) is 7.81. The van der Waals surface area contributed by atoms with Crippen LogP contribution >= 0.6 is 0 Å². The van der Waals surface area contributed by atoms with Crippen LogP contribution in [0.1, 0.15) is 24.5 Å². The molecular weight excluding hydrogens is 336 g/mol. The second-order valence-electron chi connectivity index (χ2n) is 6.10. The van der Waals surface area contributed by atoms with Crippen molar-refractivity contribution in [3.63, 3.8) is 0 Å². The predicted octanol–water partition coefficient (Wildman–Crippen LogP) is 3.81. The van der Waals surface area contributed by atoms with Gasteiger partial charge < -0.3 is 5.11 Å². The molecule has 25 heavy (non-hydrogen) atoms. The fourth-order valence-electron chi connectivity index (χ4n) is 2.98. The molecule has 128 valence electrons. The number of allylic oxidation sites excluding steroid dienone is 3. The molecule has 0 aromatic heterocycles. The predicted molar refractivity (Wildman–Crippen MR) is 97.8 cm³/mol. The summed E-state index contributed by atoms with van der Waals surface area (Å²) in [6.45, 7) is 1.62. The third-order valence-electron chi connectivity index (χ3n) is 4.42. The summed E-state index contributed by atoms with van der Waals surface area (Å²) in [5.74, 6) is -0.921. The zero-order valence-corrected chi connectivity index (χ0v) is 14.8. The number of carbonyl (C=O) groups is 1. The van der Waals surface area contributed by atoms with Gasteiger partial charge in [0.2, 0.25) is 0 Å². The number of hydrogen-bond acceptors (Lipinski definition) is 3. The van der Waals surface area contributed by atoms with Gasteiger partial charge in [-0.2, -0.15) is 0 Å². The molecule has 3 rings (SSSR count). The summed E-state index contributed by atoms with van der Waals surface area (Å²) in [7, 11) is -3.24. The van der Waals surface area contributed by atoms with Crippen molar-refractivity contribution in [2.75, 3.05) is 6.26 Å². The Bertz CT molecular complexity index is 995. The van der Waals surface area contributed by atoms with Gasteiger partial charge in [-0.05, 0) is 53.3 Å². The fraction of sp³-hybridized carbons (Fsp3) is 0.150. The normalized spacial score (nSPS) is 16.4. The van der Waals surface area contributed by atoms with Gasteiger partial charge in [-0.1, -0.05) is 42.5 Å². The molecule has 4 nitrogen and oxygen atoms in total. The first-order valence-corrected chi connectivity index (χ1v) is 9.70. The van der Waals surface area contributed by atoms with Gasteiger partial charge in [-0.15, -0.1) is 0 Å². The largest absolute Gasteiger partial charge is 0.478 e. The highest BCUT2D eigenvalue weighted by Gasteiger charge is 2.29. The van der Waals surface area contributed by atoms with Gasteiger partial charge in [0, 0.05) is 11.8 Å². The second kappa shape index (κ2) is 6.33. The summed E-state index contributed by atoms with van der Waals surface area (Å²) in [4.78, 5) is 11.6. The van der Waals surface area contributed by atoms with Crippen molar-refractivity contribution in [1.82, 2.24) is 0 Å². The van der Waals surface area contributed by atoms with Crippen LogP contribution in [0.2, 0.25) is 0 Å². The highest BCUT2D eigenvalue weighted by atomic mass is 32.2. The zero-order valence-electron chi connectivity index (χ0n) is 14.0. The number of aliphatic carboxylic acids is 1. The molecule has 5 heteroatoms. The molecule has 0 aliphatic heterocycles. The zero-order chi connectivity index (χ0) is 18.2. The Balaban J connectivity index is 2.14. The average Bonchev–Trinajstić information content (AvgIpc) is 2.54. The molecule has 0 saturated carbocycles. The van der Waals surface area contributed by atoms with Gasteiger partial charge in [0.15, 0.2) is 9.84 Å². The molecule has 0 saturated heterocycles. The summed E-state index contributed by atoms with van der Waals surface area (Å²) in [6, 6.07) is 16.4. The third kappa shape index (κ3) is 3.28. The van der Waals surface area contributed by atoms with E-state index < -0.39 is 15.8 Å². The SMILES string of the molecule is CC(C(=O)O)=C1CC(c2ccc(S(C)(=O)=O)cc2)=C1c1ccccc1. The lowest BCUT2D eigenvalue weighted by Crippen LogP contribution is -2.13. The summed E-state index contributed by atoms with van der Waals surface area (Å²) >= 11 is 0. The lowest BCUT2D eigenvalue weighted by Gasteiger charge is -2.30. The minimum Gasteiger partial charge on any atom is -0.478 e. The molecule has 2 aromatic rings. The van der Waals surface area contributed by atoms with E-state index in [0.717, 1.165) is 27.8 Å². The summed E-state index contributed by atoms with van der Waals surface area (Å²) < 4.78 is 23.2. The highest BCUT2D eigenvalue weighted by Crippen LogP contribution is 2.48. The topological polar surface area (TPSA) is 71.4 Å². The van der Waals surface area contributed by atoms with Gasteiger partial charge in [0.1, 0.15) is 0 Å². The van der Waals surface area contributed by atoms with Crippen LogP contribution in [-0.2, 0) is 14.6 Å². The molecule has 0 amide bonds. The molecular formula is C20H18O4S. The fourth-order valence-corrected chi connectivity index (χ4v) is 3.61. The number of sulfone groups is 1. The van der Waals surface area contributed by atoms with E-state index in [-0.39, 0.29) is 4.90 Å². The Labute approximate surface area is 147 Å². The maximum Gasteiger partial charge on any atom is 0.331 e. The molecule has 0 fully saturated rings. The van der Waals surface area contributed by atoms with Crippen molar-refractivity contribution in [2.24, 2.45) is 0 Å². The van der Waals surface area contributed by atoms with E-state index in [4.69, 9.17) is 0 Å². The average molecular weight is 354 g/mol. The van der Waals surface area contributed by atoms with E-state index in [1.54, 1.807) is 31.2 Å². The molecule has 0 atom stereocenters. The standard InChI is InChI=1S/C20H18O4S/c1-13(20(21)22)17-12-18(19(17)15-6-4-3-5-7-15)14-8-10-16(11-9-14)25(2,23)24/h3-11H,12H2,1-2H3,(H,21,22). The van der Waals surface area contributed by atoms with Crippen LogP contribution < -0.4 is 0 Å². The van der Waals surface area contributed by atoms with Gasteiger partial charge in [-0.3, -0.25) is 0 Å². The first kappa shape index (κ1) is 17.2. The maximum atomic E-state index is 11.6. The van der Waals surface area contributed by atoms with Crippen LogP contribution in [0.4, 0.5) is 0 Å². The summed E-state index contributed by atoms with van der Waals surface area (Å²) in [5.41, 5.74) is 4.99. The number of hydrogen-bond donors (Lipinski definition) is 1. The van der Waals surface area contributed by atoms with E-state index in [1.165, 1.54) is 6.26 Å². The molecule has 2 aromatic carbocycles. The van der Waals surface area contributed by atoms with Crippen LogP contribution in [0, 0.1) is 0 Å². The van der Waals surface area contributed by atoms with Crippen molar-refractivity contribution in [2.45, 2.75) is 18.2 Å². The minimum atomic E-state index is -3.24. The Morgan fingerprint density at radius 3 is 2.08 bits per heavy atom. The molecule has 1 aliphatic carbocycles. The van der Waals surface area contributed by atoms with Gasteiger partial charge in [0.05, 0.1) is 4.90 Å². The number of benzene rings is 2. The van der Waals surface area contributed by atoms with Crippen LogP contribution in [-0.4, -0.2) is 25.7 Å². The van der Waals surface area contributed by atoms with Crippen molar-refractivity contribution in [1.29, 1.82) is 0 Å². The minimum absolute atomic E-state index is 0.273. The summed E-state index contributed by atoms with van der Waals surface area (Å²) in [5, 5.41) is 9.32. The van der Waals surface area contributed by atoms with Crippen LogP contribution in [0.3, 0.4) is 0 Å². The molecule has 0 heterocycles. The smallest absolute Gasteiger partial charge is 0.331 e. The van der Waals surface area contributed by atoms with Gasteiger partial charge >= 0.3 is 5.97 Å². The Kier molecular flexibility index (Phi) is 4.35. The summed E-state index contributed by atoms with van der Waals surface area (Å²) in [6.07, 6.45) is 1.73. The number of rotatable bonds is 4. The molecule has 0 radical (unpaired) electrons. The van der Waals surface area contributed by atoms with Crippen LogP contribution in [0.15, 0.2) is 70.6 Å². The van der Waals surface area contributed by atoms with Crippen molar-refractivity contribution in [3.8, 4) is 0 Å².